The molecule has 1 heterocycles. The number of nitrogens with one attached hydrogen (secondary N) is 2. The van der Waals surface area contributed by atoms with Gasteiger partial charge in [0.2, 0.25) is 0 Å². The molecule has 1 aromatic carbocycles. The van der Waals surface area contributed by atoms with Gasteiger partial charge in [-0.05, 0) is 37.8 Å². The highest BCUT2D eigenvalue weighted by molar-refractivity contribution is 14.0. The standard InChI is InChI=1S/C21H37N5S.HI/c1-6-25-11-13-26(14-12-25)16-19-10-8-7-9-18(19)15-23-20(22-4)24-17-21(2,3)27-5;/h7-10H,6,11-17H2,1-5H3,(H2,22,23,24);1H. The molecule has 1 fully saturated rings. The van der Waals surface area contributed by atoms with Gasteiger partial charge in [0, 0.05) is 57.6 Å². The van der Waals surface area contributed by atoms with Gasteiger partial charge in [-0.1, -0.05) is 31.2 Å². The smallest absolute Gasteiger partial charge is 0.191 e. The second-order valence-electron chi connectivity index (χ2n) is 7.72. The number of likely N-dealkylation sites (N-methyl/N-ethyl adjacent to an activating group) is 1. The maximum absolute atomic E-state index is 4.37. The maximum atomic E-state index is 4.37. The Morgan fingerprint density at radius 1 is 1.07 bits per heavy atom. The lowest BCUT2D eigenvalue weighted by atomic mass is 10.1. The first-order chi connectivity index (χ1) is 13.0. The van der Waals surface area contributed by atoms with Crippen molar-refractivity contribution in [1.29, 1.82) is 0 Å². The number of piperazine rings is 1. The number of halogens is 1. The van der Waals surface area contributed by atoms with E-state index in [1.165, 1.54) is 24.2 Å². The fourth-order valence-corrected chi connectivity index (χ4v) is 3.37. The Bertz CT molecular complexity index is 600. The third-order valence-corrected chi connectivity index (χ3v) is 6.58. The first-order valence-electron chi connectivity index (χ1n) is 9.98. The summed E-state index contributed by atoms with van der Waals surface area (Å²) in [6, 6.07) is 8.76. The lowest BCUT2D eigenvalue weighted by Crippen LogP contribution is -2.45. The van der Waals surface area contributed by atoms with Crippen LogP contribution in [0.4, 0.5) is 0 Å². The van der Waals surface area contributed by atoms with Crippen LogP contribution < -0.4 is 10.6 Å². The van der Waals surface area contributed by atoms with Crippen LogP contribution in [0.2, 0.25) is 0 Å². The zero-order valence-corrected chi connectivity index (χ0v) is 21.3. The van der Waals surface area contributed by atoms with E-state index in [-0.39, 0.29) is 28.7 Å². The van der Waals surface area contributed by atoms with Gasteiger partial charge in [-0.3, -0.25) is 9.89 Å². The molecule has 1 aliphatic heterocycles. The second-order valence-corrected chi connectivity index (χ2v) is 9.24. The van der Waals surface area contributed by atoms with Crippen molar-refractivity contribution in [1.82, 2.24) is 20.4 Å². The van der Waals surface area contributed by atoms with Gasteiger partial charge in [-0.25, -0.2) is 0 Å². The van der Waals surface area contributed by atoms with Crippen LogP contribution in [0.25, 0.3) is 0 Å². The number of benzene rings is 1. The van der Waals surface area contributed by atoms with Gasteiger partial charge in [0.25, 0.3) is 0 Å². The van der Waals surface area contributed by atoms with E-state index in [2.05, 4.69) is 76.7 Å². The quantitative estimate of drug-likeness (QED) is 0.314. The molecule has 2 rings (SSSR count). The molecule has 0 radical (unpaired) electrons. The molecule has 160 valence electrons. The van der Waals surface area contributed by atoms with E-state index in [1.54, 1.807) is 0 Å². The van der Waals surface area contributed by atoms with Gasteiger partial charge in [0.05, 0.1) is 0 Å². The zero-order chi connectivity index (χ0) is 19.7. The Morgan fingerprint density at radius 2 is 1.68 bits per heavy atom. The largest absolute Gasteiger partial charge is 0.355 e. The number of nitrogens with zero attached hydrogens (tertiary/aromatic N) is 3. The lowest BCUT2D eigenvalue weighted by Gasteiger charge is -2.34. The van der Waals surface area contributed by atoms with Gasteiger partial charge in [0.1, 0.15) is 0 Å². The first-order valence-corrected chi connectivity index (χ1v) is 11.2. The molecule has 1 aliphatic rings. The normalized spacial score (nSPS) is 16.5. The van der Waals surface area contributed by atoms with E-state index >= 15 is 0 Å². The molecule has 1 aromatic rings. The van der Waals surface area contributed by atoms with Crippen molar-refractivity contribution >= 4 is 41.7 Å². The van der Waals surface area contributed by atoms with Crippen LogP contribution in [-0.4, -0.2) is 73.1 Å². The summed E-state index contributed by atoms with van der Waals surface area (Å²) in [5, 5.41) is 6.92. The van der Waals surface area contributed by atoms with Crippen LogP contribution in [0.1, 0.15) is 31.9 Å². The topological polar surface area (TPSA) is 42.9 Å². The molecule has 2 N–H and O–H groups in total. The molecule has 7 heteroatoms. The van der Waals surface area contributed by atoms with Crippen molar-refractivity contribution in [3.8, 4) is 0 Å². The van der Waals surface area contributed by atoms with Gasteiger partial charge in [-0.2, -0.15) is 11.8 Å². The number of aliphatic imine (C=N–C) groups is 1. The van der Waals surface area contributed by atoms with Crippen LogP contribution in [0.15, 0.2) is 29.3 Å². The molecular formula is C21H38IN5S. The molecule has 0 aromatic heterocycles. The monoisotopic (exact) mass is 519 g/mol. The minimum Gasteiger partial charge on any atom is -0.355 e. The number of thioether (sulfide) groups is 1. The van der Waals surface area contributed by atoms with Gasteiger partial charge in [-0.15, -0.1) is 24.0 Å². The zero-order valence-electron chi connectivity index (χ0n) is 18.1. The van der Waals surface area contributed by atoms with Crippen LogP contribution in [0.3, 0.4) is 0 Å². The van der Waals surface area contributed by atoms with Crippen LogP contribution in [0, 0.1) is 0 Å². The highest BCUT2D eigenvalue weighted by Crippen LogP contribution is 2.19. The predicted octanol–water partition coefficient (Wildman–Crippen LogP) is 3.25. The molecule has 1 saturated heterocycles. The molecular weight excluding hydrogens is 481 g/mol. The van der Waals surface area contributed by atoms with Gasteiger partial charge < -0.3 is 15.5 Å². The van der Waals surface area contributed by atoms with Crippen molar-refractivity contribution in [2.45, 2.75) is 38.6 Å². The molecule has 0 unspecified atom stereocenters. The van der Waals surface area contributed by atoms with Gasteiger partial charge >= 0.3 is 0 Å². The Kier molecular flexibility index (Phi) is 11.8. The molecule has 0 bridgehead atoms. The second kappa shape index (κ2) is 12.9. The minimum absolute atomic E-state index is 0. The Labute approximate surface area is 193 Å². The number of hydrogen-bond acceptors (Lipinski definition) is 4. The van der Waals surface area contributed by atoms with E-state index in [4.69, 9.17) is 0 Å². The summed E-state index contributed by atoms with van der Waals surface area (Å²) in [4.78, 5) is 9.46. The summed E-state index contributed by atoms with van der Waals surface area (Å²) >= 11 is 1.86. The molecule has 0 saturated carbocycles. The molecule has 28 heavy (non-hydrogen) atoms. The Morgan fingerprint density at radius 3 is 2.25 bits per heavy atom. The van der Waals surface area contributed by atoms with Gasteiger partial charge in [0.15, 0.2) is 5.96 Å². The predicted molar refractivity (Wildman–Crippen MR) is 135 cm³/mol. The van der Waals surface area contributed by atoms with Crippen molar-refractivity contribution in [2.24, 2.45) is 4.99 Å². The summed E-state index contributed by atoms with van der Waals surface area (Å²) in [6.45, 7) is 15.3. The van der Waals surface area contributed by atoms with E-state index in [0.717, 1.165) is 45.2 Å². The first kappa shape index (κ1) is 25.5. The summed E-state index contributed by atoms with van der Waals surface area (Å²) in [7, 11) is 1.83. The Hall–Kier alpha value is -0.510. The molecule has 5 nitrogen and oxygen atoms in total. The molecule has 0 atom stereocenters. The van der Waals surface area contributed by atoms with Crippen molar-refractivity contribution < 1.29 is 0 Å². The van der Waals surface area contributed by atoms with E-state index in [9.17, 15) is 0 Å². The summed E-state index contributed by atoms with van der Waals surface area (Å²) in [5.74, 6) is 0.864. The van der Waals surface area contributed by atoms with Crippen LogP contribution in [-0.2, 0) is 13.1 Å². The number of rotatable bonds is 8. The SMILES string of the molecule is CCN1CCN(Cc2ccccc2CNC(=NC)NCC(C)(C)SC)CC1.I. The van der Waals surface area contributed by atoms with E-state index < -0.39 is 0 Å². The summed E-state index contributed by atoms with van der Waals surface area (Å²) in [5.41, 5.74) is 2.76. The molecule has 0 spiro atoms. The van der Waals surface area contributed by atoms with Crippen molar-refractivity contribution in [2.75, 3.05) is 52.6 Å². The highest BCUT2D eigenvalue weighted by atomic mass is 127. The third-order valence-electron chi connectivity index (χ3n) is 5.33. The van der Waals surface area contributed by atoms with Crippen LogP contribution in [0.5, 0.6) is 0 Å². The summed E-state index contributed by atoms with van der Waals surface area (Å²) in [6.07, 6.45) is 2.15. The highest BCUT2D eigenvalue weighted by Gasteiger charge is 2.18. The van der Waals surface area contributed by atoms with Crippen molar-refractivity contribution in [3.05, 3.63) is 35.4 Å². The lowest BCUT2D eigenvalue weighted by molar-refractivity contribution is 0.131. The average Bonchev–Trinajstić information content (AvgIpc) is 2.69. The average molecular weight is 520 g/mol. The molecule has 0 amide bonds. The van der Waals surface area contributed by atoms with E-state index in [0.29, 0.717) is 0 Å². The van der Waals surface area contributed by atoms with E-state index in [1.807, 2.05) is 18.8 Å². The number of guanidine groups is 1. The minimum atomic E-state index is 0. The third kappa shape index (κ3) is 8.47. The fraction of sp³-hybridized carbons (Fsp3) is 0.667. The fourth-order valence-electron chi connectivity index (χ4n) is 3.16. The van der Waals surface area contributed by atoms with Crippen LogP contribution >= 0.6 is 35.7 Å². The maximum Gasteiger partial charge on any atom is 0.191 e. The number of hydrogen-bond donors (Lipinski definition) is 2. The summed E-state index contributed by atoms with van der Waals surface area (Å²) < 4.78 is 0.191. The molecule has 0 aliphatic carbocycles. The van der Waals surface area contributed by atoms with Crippen molar-refractivity contribution in [3.63, 3.8) is 0 Å². The Balaban J connectivity index is 0.00000392.